The van der Waals surface area contributed by atoms with E-state index in [9.17, 15) is 0 Å². The van der Waals surface area contributed by atoms with E-state index in [0.29, 0.717) is 10.9 Å². The average Bonchev–Trinajstić information content (AvgIpc) is 3.12. The molecule has 3 unspecified atom stereocenters. The van der Waals surface area contributed by atoms with Gasteiger partial charge in [-0.25, -0.2) is 9.97 Å². The topological polar surface area (TPSA) is 30.7 Å². The van der Waals surface area contributed by atoms with E-state index in [1.807, 2.05) is 6.07 Å². The minimum Gasteiger partial charge on any atom is -0.311 e. The number of hydrogen-bond donors (Lipinski definition) is 0. The van der Waals surface area contributed by atoms with Crippen molar-refractivity contribution in [2.45, 2.75) is 38.1 Å². The van der Waals surface area contributed by atoms with Gasteiger partial charge in [0.25, 0.3) is 0 Å². The molecule has 2 saturated carbocycles. The molecular weight excluding hydrogens is 293 g/mol. The molecule has 2 aliphatic carbocycles. The summed E-state index contributed by atoms with van der Waals surface area (Å²) in [7, 11) is 0. The van der Waals surface area contributed by atoms with Crippen LogP contribution >= 0.6 is 23.2 Å². The Morgan fingerprint density at radius 2 is 2.20 bits per heavy atom. The van der Waals surface area contributed by atoms with Crippen LogP contribution in [0, 0.1) is 17.8 Å². The normalized spacial score (nSPS) is 28.6. The van der Waals surface area contributed by atoms with Crippen LogP contribution in [0.2, 0.25) is 5.02 Å². The summed E-state index contributed by atoms with van der Waals surface area (Å²) in [6.45, 7) is 1.01. The summed E-state index contributed by atoms with van der Waals surface area (Å²) in [5, 5.41) is 0.628. The minimum atomic E-state index is 0.425. The highest BCUT2D eigenvalue weighted by Crippen LogP contribution is 2.49. The number of rotatable bonds is 3. The lowest BCUT2D eigenvalue weighted by molar-refractivity contribution is 0.296. The molecule has 0 aliphatic heterocycles. The molecule has 3 nitrogen and oxygen atoms in total. The second-order valence-electron chi connectivity index (χ2n) is 6.20. The number of nitrogens with zero attached hydrogens (tertiary/aromatic N) is 3. The molecule has 2 aliphatic rings. The van der Waals surface area contributed by atoms with E-state index in [1.54, 1.807) is 6.20 Å². The molecule has 0 aromatic carbocycles. The van der Waals surface area contributed by atoms with Crippen molar-refractivity contribution in [1.82, 2.24) is 14.5 Å². The lowest BCUT2D eigenvalue weighted by atomic mass is 9.89. The zero-order chi connectivity index (χ0) is 13.7. The van der Waals surface area contributed by atoms with Gasteiger partial charge in [0.2, 0.25) is 0 Å². The quantitative estimate of drug-likeness (QED) is 0.793. The Morgan fingerprint density at radius 1 is 1.30 bits per heavy atom. The molecule has 5 heteroatoms. The van der Waals surface area contributed by atoms with Crippen molar-refractivity contribution in [3.63, 3.8) is 0 Å². The van der Waals surface area contributed by atoms with Crippen molar-refractivity contribution < 1.29 is 0 Å². The molecule has 3 atom stereocenters. The number of aromatic nitrogens is 3. The number of alkyl halides is 1. The molecule has 0 N–H and O–H groups in total. The van der Waals surface area contributed by atoms with Crippen LogP contribution in [0.5, 0.6) is 0 Å². The van der Waals surface area contributed by atoms with Gasteiger partial charge in [0.15, 0.2) is 5.65 Å². The van der Waals surface area contributed by atoms with Crippen molar-refractivity contribution in [3.05, 3.63) is 23.1 Å². The summed E-state index contributed by atoms with van der Waals surface area (Å²) in [5.74, 6) is 3.97. The number of pyridine rings is 1. The molecule has 0 amide bonds. The van der Waals surface area contributed by atoms with Crippen molar-refractivity contribution >= 4 is 34.4 Å². The highest BCUT2D eigenvalue weighted by molar-refractivity contribution is 6.31. The first-order chi connectivity index (χ1) is 9.74. The third-order valence-corrected chi connectivity index (χ3v) is 5.50. The molecular formula is C15H17Cl2N3. The summed E-state index contributed by atoms with van der Waals surface area (Å²) >= 11 is 12.1. The van der Waals surface area contributed by atoms with Crippen LogP contribution in [0.4, 0.5) is 0 Å². The van der Waals surface area contributed by atoms with Gasteiger partial charge in [-0.05, 0) is 43.1 Å². The predicted octanol–water partition coefficient (Wildman–Crippen LogP) is 4.26. The van der Waals surface area contributed by atoms with Crippen LogP contribution in [0.25, 0.3) is 11.2 Å². The Labute approximate surface area is 128 Å². The Hall–Kier alpha value is -0.800. The van der Waals surface area contributed by atoms with E-state index in [0.717, 1.165) is 41.3 Å². The van der Waals surface area contributed by atoms with Crippen molar-refractivity contribution in [1.29, 1.82) is 0 Å². The Bertz CT molecular complexity index is 652. The predicted molar refractivity (Wildman–Crippen MR) is 81.0 cm³/mol. The van der Waals surface area contributed by atoms with E-state index >= 15 is 0 Å². The van der Waals surface area contributed by atoms with Gasteiger partial charge in [-0.1, -0.05) is 18.0 Å². The molecule has 2 heterocycles. The van der Waals surface area contributed by atoms with Gasteiger partial charge in [-0.2, -0.15) is 0 Å². The van der Waals surface area contributed by atoms with Gasteiger partial charge in [-0.3, -0.25) is 0 Å². The summed E-state index contributed by atoms with van der Waals surface area (Å²) in [6, 6.07) is 1.87. The third kappa shape index (κ3) is 2.03. The maximum atomic E-state index is 6.06. The monoisotopic (exact) mass is 309 g/mol. The van der Waals surface area contributed by atoms with Gasteiger partial charge >= 0.3 is 0 Å². The second kappa shape index (κ2) is 4.88. The summed E-state index contributed by atoms with van der Waals surface area (Å²) < 4.78 is 2.21. The lowest BCUT2D eigenvalue weighted by Gasteiger charge is -2.22. The first-order valence-corrected chi connectivity index (χ1v) is 8.22. The van der Waals surface area contributed by atoms with Crippen LogP contribution in [-0.4, -0.2) is 14.5 Å². The van der Waals surface area contributed by atoms with Gasteiger partial charge in [0, 0.05) is 12.7 Å². The number of imidazole rings is 1. The van der Waals surface area contributed by atoms with Crippen molar-refractivity contribution in [2.24, 2.45) is 17.8 Å². The lowest BCUT2D eigenvalue weighted by Crippen LogP contribution is -2.18. The molecule has 2 aromatic heterocycles. The van der Waals surface area contributed by atoms with Crippen LogP contribution in [0.3, 0.4) is 0 Å². The molecule has 106 valence electrons. The van der Waals surface area contributed by atoms with E-state index in [2.05, 4.69) is 14.5 Å². The minimum absolute atomic E-state index is 0.425. The van der Waals surface area contributed by atoms with E-state index in [1.165, 1.54) is 25.7 Å². The molecule has 0 spiro atoms. The van der Waals surface area contributed by atoms with E-state index < -0.39 is 0 Å². The van der Waals surface area contributed by atoms with Crippen LogP contribution in [-0.2, 0) is 12.4 Å². The summed E-state index contributed by atoms with van der Waals surface area (Å²) in [5.41, 5.74) is 1.78. The Kier molecular flexibility index (Phi) is 3.15. The highest BCUT2D eigenvalue weighted by Gasteiger charge is 2.39. The summed E-state index contributed by atoms with van der Waals surface area (Å²) in [4.78, 5) is 9.04. The van der Waals surface area contributed by atoms with E-state index in [4.69, 9.17) is 23.2 Å². The van der Waals surface area contributed by atoms with Gasteiger partial charge in [-0.15, -0.1) is 11.6 Å². The Morgan fingerprint density at radius 3 is 2.90 bits per heavy atom. The number of hydrogen-bond acceptors (Lipinski definition) is 2. The molecule has 4 rings (SSSR count). The molecule has 2 aromatic rings. The largest absolute Gasteiger partial charge is 0.311 e. The molecule has 2 bridgehead atoms. The second-order valence-corrected chi connectivity index (χ2v) is 6.91. The highest BCUT2D eigenvalue weighted by atomic mass is 35.5. The average molecular weight is 310 g/mol. The first kappa shape index (κ1) is 12.9. The van der Waals surface area contributed by atoms with E-state index in [-0.39, 0.29) is 0 Å². The fraction of sp³-hybridized carbons (Fsp3) is 0.600. The van der Waals surface area contributed by atoms with Gasteiger partial charge in [0.05, 0.1) is 10.9 Å². The Balaban J connectivity index is 1.71. The molecule has 2 fully saturated rings. The first-order valence-electron chi connectivity index (χ1n) is 7.31. The van der Waals surface area contributed by atoms with Crippen LogP contribution < -0.4 is 0 Å². The maximum Gasteiger partial charge on any atom is 0.160 e. The van der Waals surface area contributed by atoms with Crippen LogP contribution in [0.1, 0.15) is 31.5 Å². The molecule has 0 radical (unpaired) electrons. The SMILES string of the molecule is ClCc1nc2cc(Cl)cnc2n1CC1CC2CCC1C2. The third-order valence-electron chi connectivity index (χ3n) is 5.05. The maximum absolute atomic E-state index is 6.06. The number of halogens is 2. The van der Waals surface area contributed by atoms with Crippen molar-refractivity contribution in [2.75, 3.05) is 0 Å². The molecule has 0 saturated heterocycles. The zero-order valence-electron chi connectivity index (χ0n) is 11.2. The molecule has 20 heavy (non-hydrogen) atoms. The van der Waals surface area contributed by atoms with Gasteiger partial charge in [0.1, 0.15) is 11.3 Å². The fourth-order valence-electron chi connectivity index (χ4n) is 4.16. The fourth-order valence-corrected chi connectivity index (χ4v) is 4.52. The van der Waals surface area contributed by atoms with Gasteiger partial charge < -0.3 is 4.57 Å². The standard InChI is InChI=1S/C15H17Cl2N3/c16-6-14-19-13-5-12(17)7-18-15(13)20(14)8-11-4-9-1-2-10(11)3-9/h5,7,9-11H,1-4,6,8H2. The zero-order valence-corrected chi connectivity index (χ0v) is 12.7. The smallest absolute Gasteiger partial charge is 0.160 e. The number of fused-ring (bicyclic) bond motifs is 3. The van der Waals surface area contributed by atoms with Crippen LogP contribution in [0.15, 0.2) is 12.3 Å². The van der Waals surface area contributed by atoms with Crippen molar-refractivity contribution in [3.8, 4) is 0 Å². The summed E-state index contributed by atoms with van der Waals surface area (Å²) in [6.07, 6.45) is 7.31.